The molecule has 1 heterocycles. The van der Waals surface area contributed by atoms with E-state index >= 15 is 0 Å². The Balaban J connectivity index is 2.96. The van der Waals surface area contributed by atoms with Crippen molar-refractivity contribution in [1.29, 1.82) is 0 Å². The van der Waals surface area contributed by atoms with Crippen LogP contribution in [0.1, 0.15) is 18.7 Å². The summed E-state index contributed by atoms with van der Waals surface area (Å²) in [7, 11) is -3.91. The van der Waals surface area contributed by atoms with Gasteiger partial charge in [-0.2, -0.15) is 4.72 Å². The topological polar surface area (TPSA) is 104 Å². The number of carbonyl (C=O) groups is 1. The van der Waals surface area contributed by atoms with Gasteiger partial charge in [0.05, 0.1) is 6.10 Å². The molecule has 1 aromatic rings. The fourth-order valence-corrected chi connectivity index (χ4v) is 3.85. The van der Waals surface area contributed by atoms with Crippen LogP contribution in [0.25, 0.3) is 0 Å². The van der Waals surface area contributed by atoms with Crippen molar-refractivity contribution in [2.75, 3.05) is 0 Å². The highest BCUT2D eigenvalue weighted by atomic mass is 32.2. The fourth-order valence-electron chi connectivity index (χ4n) is 1.27. The molecule has 0 amide bonds. The molecule has 0 saturated carbocycles. The molecule has 1 aromatic heterocycles. The quantitative estimate of drug-likeness (QED) is 0.705. The molecule has 0 aliphatic rings. The summed E-state index contributed by atoms with van der Waals surface area (Å²) in [6.07, 6.45) is -0.609. The minimum atomic E-state index is -3.91. The number of aryl methyl sites for hydroxylation is 1. The maximum Gasteiger partial charge on any atom is 0.324 e. The van der Waals surface area contributed by atoms with Crippen LogP contribution in [0.3, 0.4) is 0 Å². The molecule has 18 heavy (non-hydrogen) atoms. The normalized spacial score (nSPS) is 15.3. The zero-order chi connectivity index (χ0) is 13.9. The van der Waals surface area contributed by atoms with E-state index in [9.17, 15) is 18.3 Å². The predicted octanol–water partition coefficient (Wildman–Crippen LogP) is 0.423. The van der Waals surface area contributed by atoms with Crippen LogP contribution in [0.4, 0.5) is 0 Å². The molecule has 0 saturated heterocycles. The van der Waals surface area contributed by atoms with E-state index in [1.807, 2.05) is 11.6 Å². The third-order valence-electron chi connectivity index (χ3n) is 2.28. The number of rotatable bonds is 6. The van der Waals surface area contributed by atoms with Crippen molar-refractivity contribution >= 4 is 27.3 Å². The van der Waals surface area contributed by atoms with Gasteiger partial charge in [0.25, 0.3) is 10.0 Å². The standard InChI is InChI=1S/C10H15NO5S2/c1-3-7-4-5-8(17-7)18(15,16)11-9(6(2)12)10(13)14/h4-6,9,11-12H,3H2,1-2H3,(H,13,14). The van der Waals surface area contributed by atoms with Gasteiger partial charge in [-0.25, -0.2) is 8.42 Å². The Kier molecular flexibility index (Phi) is 4.85. The summed E-state index contributed by atoms with van der Waals surface area (Å²) in [5, 5.41) is 18.1. The Labute approximate surface area is 109 Å². The van der Waals surface area contributed by atoms with Gasteiger partial charge in [-0.15, -0.1) is 11.3 Å². The van der Waals surface area contributed by atoms with Gasteiger partial charge in [-0.05, 0) is 25.5 Å². The van der Waals surface area contributed by atoms with E-state index < -0.39 is 28.1 Å². The number of hydrogen-bond acceptors (Lipinski definition) is 5. The predicted molar refractivity (Wildman–Crippen MR) is 67.1 cm³/mol. The Morgan fingerprint density at radius 2 is 2.11 bits per heavy atom. The maximum absolute atomic E-state index is 11.9. The summed E-state index contributed by atoms with van der Waals surface area (Å²) in [6, 6.07) is 1.55. The van der Waals surface area contributed by atoms with E-state index in [-0.39, 0.29) is 4.21 Å². The van der Waals surface area contributed by atoms with E-state index in [0.717, 1.165) is 16.2 Å². The van der Waals surface area contributed by atoms with Crippen molar-refractivity contribution in [3.05, 3.63) is 17.0 Å². The number of thiophene rings is 1. The van der Waals surface area contributed by atoms with Gasteiger partial charge in [0.2, 0.25) is 0 Å². The lowest BCUT2D eigenvalue weighted by Gasteiger charge is -2.16. The van der Waals surface area contributed by atoms with Crippen molar-refractivity contribution in [3.63, 3.8) is 0 Å². The molecule has 2 unspecified atom stereocenters. The van der Waals surface area contributed by atoms with Gasteiger partial charge < -0.3 is 10.2 Å². The third-order valence-corrected chi connectivity index (χ3v) is 5.44. The van der Waals surface area contributed by atoms with Gasteiger partial charge in [-0.1, -0.05) is 6.92 Å². The zero-order valence-corrected chi connectivity index (χ0v) is 11.6. The summed E-state index contributed by atoms with van der Waals surface area (Å²) in [4.78, 5) is 11.7. The lowest BCUT2D eigenvalue weighted by molar-refractivity contribution is -0.141. The summed E-state index contributed by atoms with van der Waals surface area (Å²) in [5.74, 6) is -1.42. The van der Waals surface area contributed by atoms with Gasteiger partial charge >= 0.3 is 5.97 Å². The van der Waals surface area contributed by atoms with Crippen LogP contribution in [0.5, 0.6) is 0 Å². The van der Waals surface area contributed by atoms with Crippen LogP contribution < -0.4 is 4.72 Å². The highest BCUT2D eigenvalue weighted by Gasteiger charge is 2.29. The molecule has 3 N–H and O–H groups in total. The van der Waals surface area contributed by atoms with Crippen LogP contribution in [0, 0.1) is 0 Å². The smallest absolute Gasteiger partial charge is 0.324 e. The first kappa shape index (κ1) is 15.1. The molecule has 0 aromatic carbocycles. The van der Waals surface area contributed by atoms with Crippen molar-refractivity contribution in [1.82, 2.24) is 4.72 Å². The first-order valence-electron chi connectivity index (χ1n) is 5.30. The second kappa shape index (κ2) is 5.79. The largest absolute Gasteiger partial charge is 0.480 e. The van der Waals surface area contributed by atoms with Gasteiger partial charge in [-0.3, -0.25) is 4.79 Å². The Bertz CT molecular complexity index is 520. The van der Waals surface area contributed by atoms with Crippen molar-refractivity contribution in [3.8, 4) is 0 Å². The number of carboxylic acid groups (broad SMARTS) is 1. The van der Waals surface area contributed by atoms with Crippen LogP contribution in [-0.4, -0.2) is 36.7 Å². The maximum atomic E-state index is 11.9. The summed E-state index contributed by atoms with van der Waals surface area (Å²) in [5.41, 5.74) is 0. The highest BCUT2D eigenvalue weighted by Crippen LogP contribution is 2.22. The van der Waals surface area contributed by atoms with Gasteiger partial charge in [0.1, 0.15) is 10.3 Å². The first-order valence-corrected chi connectivity index (χ1v) is 7.59. The summed E-state index contributed by atoms with van der Waals surface area (Å²) < 4.78 is 25.8. The number of nitrogens with one attached hydrogen (secondary N) is 1. The molecule has 0 aliphatic carbocycles. The molecule has 102 valence electrons. The Morgan fingerprint density at radius 3 is 2.50 bits per heavy atom. The van der Waals surface area contributed by atoms with Crippen molar-refractivity contribution in [2.45, 2.75) is 36.6 Å². The lowest BCUT2D eigenvalue weighted by Crippen LogP contribution is -2.47. The third kappa shape index (κ3) is 3.52. The van der Waals surface area contributed by atoms with E-state index in [4.69, 9.17) is 5.11 Å². The molecule has 0 radical (unpaired) electrons. The molecule has 0 bridgehead atoms. The minimum absolute atomic E-state index is 0.0475. The molecule has 0 aliphatic heterocycles. The Morgan fingerprint density at radius 1 is 1.50 bits per heavy atom. The second-order valence-corrected chi connectivity index (χ2v) is 6.86. The second-order valence-electron chi connectivity index (χ2n) is 3.75. The molecule has 8 heteroatoms. The summed E-state index contributed by atoms with van der Waals surface area (Å²) >= 11 is 1.08. The molecule has 0 fully saturated rings. The molecular formula is C10H15NO5S2. The van der Waals surface area contributed by atoms with Crippen LogP contribution in [0.15, 0.2) is 16.3 Å². The molecular weight excluding hydrogens is 278 g/mol. The average molecular weight is 293 g/mol. The van der Waals surface area contributed by atoms with E-state index in [1.165, 1.54) is 13.0 Å². The van der Waals surface area contributed by atoms with E-state index in [2.05, 4.69) is 0 Å². The van der Waals surface area contributed by atoms with Gasteiger partial charge in [0.15, 0.2) is 0 Å². The van der Waals surface area contributed by atoms with E-state index in [1.54, 1.807) is 6.07 Å². The fraction of sp³-hybridized carbons (Fsp3) is 0.500. The monoisotopic (exact) mass is 293 g/mol. The number of sulfonamides is 1. The van der Waals surface area contributed by atoms with Crippen molar-refractivity contribution in [2.24, 2.45) is 0 Å². The zero-order valence-electron chi connectivity index (χ0n) is 9.95. The molecule has 2 atom stereocenters. The van der Waals surface area contributed by atoms with Crippen LogP contribution in [0.2, 0.25) is 0 Å². The minimum Gasteiger partial charge on any atom is -0.480 e. The molecule has 6 nitrogen and oxygen atoms in total. The van der Waals surface area contributed by atoms with E-state index in [0.29, 0.717) is 6.42 Å². The number of aliphatic hydroxyl groups excluding tert-OH is 1. The Hall–Kier alpha value is -0.960. The number of hydrogen-bond donors (Lipinski definition) is 3. The number of aliphatic hydroxyl groups is 1. The number of aliphatic carboxylic acids is 1. The highest BCUT2D eigenvalue weighted by molar-refractivity contribution is 7.91. The molecule has 0 spiro atoms. The number of carboxylic acids is 1. The van der Waals surface area contributed by atoms with Crippen LogP contribution in [-0.2, 0) is 21.2 Å². The average Bonchev–Trinajstić information content (AvgIpc) is 2.74. The SMILES string of the molecule is CCc1ccc(S(=O)(=O)NC(C(=O)O)C(C)O)s1. The van der Waals surface area contributed by atoms with Crippen LogP contribution >= 0.6 is 11.3 Å². The molecule has 1 rings (SSSR count). The first-order chi connectivity index (χ1) is 8.27. The van der Waals surface area contributed by atoms with Crippen molar-refractivity contribution < 1.29 is 23.4 Å². The lowest BCUT2D eigenvalue weighted by atomic mass is 10.2. The van der Waals surface area contributed by atoms with Gasteiger partial charge in [0, 0.05) is 4.88 Å². The summed E-state index contributed by atoms with van der Waals surface area (Å²) in [6.45, 7) is 3.11.